The van der Waals surface area contributed by atoms with Gasteiger partial charge in [-0.1, -0.05) is 28.8 Å². The first-order valence-corrected chi connectivity index (χ1v) is 8.10. The van der Waals surface area contributed by atoms with Crippen LogP contribution in [0.1, 0.15) is 31.2 Å². The average Bonchev–Trinajstić information content (AvgIpc) is 2.96. The Hall–Kier alpha value is -1.07. The fraction of sp³-hybridized carbons (Fsp3) is 0.562. The third kappa shape index (κ3) is 3.40. The molecule has 4 nitrogen and oxygen atoms in total. The molecule has 1 aliphatic carbocycles. The highest BCUT2D eigenvalue weighted by Crippen LogP contribution is 2.39. The van der Waals surface area contributed by atoms with Gasteiger partial charge in [-0.05, 0) is 31.0 Å². The molecule has 0 unspecified atom stereocenters. The number of rotatable bonds is 5. The van der Waals surface area contributed by atoms with Crippen molar-refractivity contribution >= 4 is 21.8 Å². The Balaban J connectivity index is 2.15. The molecule has 2 N–H and O–H groups in total. The molecule has 116 valence electrons. The molecule has 0 aliphatic heterocycles. The Morgan fingerprint density at radius 1 is 1.43 bits per heavy atom. The summed E-state index contributed by atoms with van der Waals surface area (Å²) in [6.07, 6.45) is 4.00. The minimum Gasteiger partial charge on any atom is -0.496 e. The van der Waals surface area contributed by atoms with Crippen LogP contribution in [0, 0.1) is 5.41 Å². The number of ether oxygens (including phenoxy) is 1. The first-order valence-electron chi connectivity index (χ1n) is 7.30. The van der Waals surface area contributed by atoms with E-state index >= 15 is 0 Å². The SMILES string of the molecule is COc1ccc(Br)cc1CN(C)C(=O)C1(CN)CCCC1. The van der Waals surface area contributed by atoms with Gasteiger partial charge in [0.1, 0.15) is 5.75 Å². The molecule has 1 saturated carbocycles. The van der Waals surface area contributed by atoms with Crippen molar-refractivity contribution in [2.45, 2.75) is 32.2 Å². The van der Waals surface area contributed by atoms with Crippen LogP contribution in [0.15, 0.2) is 22.7 Å². The van der Waals surface area contributed by atoms with E-state index in [1.165, 1.54) is 0 Å². The number of hydrogen-bond acceptors (Lipinski definition) is 3. The van der Waals surface area contributed by atoms with Crippen molar-refractivity contribution in [1.29, 1.82) is 0 Å². The average molecular weight is 355 g/mol. The molecule has 5 heteroatoms. The molecule has 0 radical (unpaired) electrons. The molecular formula is C16H23BrN2O2. The number of hydrogen-bond donors (Lipinski definition) is 1. The lowest BCUT2D eigenvalue weighted by atomic mass is 9.84. The van der Waals surface area contributed by atoms with Crippen molar-refractivity contribution < 1.29 is 9.53 Å². The van der Waals surface area contributed by atoms with Crippen molar-refractivity contribution in [1.82, 2.24) is 4.90 Å². The number of halogens is 1. The lowest BCUT2D eigenvalue weighted by Gasteiger charge is -2.31. The minimum atomic E-state index is -0.353. The summed E-state index contributed by atoms with van der Waals surface area (Å²) in [7, 11) is 3.49. The standard InChI is InChI=1S/C16H23BrN2O2/c1-19(15(20)16(11-18)7-3-4-8-16)10-12-9-13(17)5-6-14(12)21-2/h5-6,9H,3-4,7-8,10-11,18H2,1-2H3. The summed E-state index contributed by atoms with van der Waals surface area (Å²) >= 11 is 3.46. The van der Waals surface area contributed by atoms with Crippen LogP contribution in [0.5, 0.6) is 5.75 Å². The lowest BCUT2D eigenvalue weighted by molar-refractivity contribution is -0.140. The monoisotopic (exact) mass is 354 g/mol. The van der Waals surface area contributed by atoms with Gasteiger partial charge in [-0.3, -0.25) is 4.79 Å². The van der Waals surface area contributed by atoms with Crippen LogP contribution in [0.25, 0.3) is 0 Å². The summed E-state index contributed by atoms with van der Waals surface area (Å²) in [6.45, 7) is 0.967. The summed E-state index contributed by atoms with van der Waals surface area (Å²) < 4.78 is 6.35. The number of carbonyl (C=O) groups is 1. The van der Waals surface area contributed by atoms with Gasteiger partial charge in [-0.25, -0.2) is 0 Å². The van der Waals surface area contributed by atoms with Gasteiger partial charge < -0.3 is 15.4 Å². The zero-order valence-electron chi connectivity index (χ0n) is 12.7. The second kappa shape index (κ2) is 6.79. The molecule has 1 fully saturated rings. The largest absolute Gasteiger partial charge is 0.496 e. The van der Waals surface area contributed by atoms with Crippen LogP contribution in [-0.4, -0.2) is 31.5 Å². The molecule has 2 rings (SSSR count). The Labute approximate surface area is 134 Å². The number of nitrogens with two attached hydrogens (primary N) is 1. The van der Waals surface area contributed by atoms with Gasteiger partial charge in [0.15, 0.2) is 0 Å². The van der Waals surface area contributed by atoms with E-state index < -0.39 is 0 Å². The van der Waals surface area contributed by atoms with E-state index in [9.17, 15) is 4.79 Å². The Kier molecular flexibility index (Phi) is 5.27. The smallest absolute Gasteiger partial charge is 0.230 e. The second-order valence-corrected chi connectivity index (χ2v) is 6.72. The van der Waals surface area contributed by atoms with Crippen LogP contribution in [0.4, 0.5) is 0 Å². The van der Waals surface area contributed by atoms with E-state index in [1.807, 2.05) is 25.2 Å². The van der Waals surface area contributed by atoms with Crippen LogP contribution < -0.4 is 10.5 Å². The summed E-state index contributed by atoms with van der Waals surface area (Å²) in [5.74, 6) is 0.954. The highest BCUT2D eigenvalue weighted by atomic mass is 79.9. The molecular weight excluding hydrogens is 332 g/mol. The first-order chi connectivity index (χ1) is 10.0. The summed E-state index contributed by atoms with van der Waals surface area (Å²) in [5, 5.41) is 0. The molecule has 1 aliphatic rings. The quantitative estimate of drug-likeness (QED) is 0.884. The fourth-order valence-electron chi connectivity index (χ4n) is 3.16. The van der Waals surface area contributed by atoms with Crippen molar-refractivity contribution in [2.24, 2.45) is 11.1 Å². The van der Waals surface area contributed by atoms with Gasteiger partial charge >= 0.3 is 0 Å². The predicted molar refractivity (Wildman–Crippen MR) is 87.1 cm³/mol. The highest BCUT2D eigenvalue weighted by molar-refractivity contribution is 9.10. The number of amides is 1. The molecule has 0 saturated heterocycles. The zero-order chi connectivity index (χ0) is 15.5. The highest BCUT2D eigenvalue weighted by Gasteiger charge is 2.41. The summed E-state index contributed by atoms with van der Waals surface area (Å²) in [4.78, 5) is 14.6. The van der Waals surface area contributed by atoms with Crippen LogP contribution in [0.3, 0.4) is 0 Å². The molecule has 1 aromatic rings. The van der Waals surface area contributed by atoms with Crippen LogP contribution >= 0.6 is 15.9 Å². The van der Waals surface area contributed by atoms with Gasteiger partial charge in [-0.15, -0.1) is 0 Å². The summed E-state index contributed by atoms with van der Waals surface area (Å²) in [6, 6.07) is 5.83. The first kappa shape index (κ1) is 16.3. The van der Waals surface area contributed by atoms with Crippen molar-refractivity contribution in [3.05, 3.63) is 28.2 Å². The van der Waals surface area contributed by atoms with Gasteiger partial charge in [0, 0.05) is 30.2 Å². The van der Waals surface area contributed by atoms with Crippen molar-refractivity contribution in [2.75, 3.05) is 20.7 Å². The molecule has 0 spiro atoms. The number of nitrogens with zero attached hydrogens (tertiary/aromatic N) is 1. The number of methoxy groups -OCH3 is 1. The van der Waals surface area contributed by atoms with E-state index in [-0.39, 0.29) is 11.3 Å². The molecule has 0 atom stereocenters. The Morgan fingerprint density at radius 3 is 2.67 bits per heavy atom. The Morgan fingerprint density at radius 2 is 2.10 bits per heavy atom. The van der Waals surface area contributed by atoms with E-state index in [4.69, 9.17) is 10.5 Å². The van der Waals surface area contributed by atoms with Gasteiger partial charge in [-0.2, -0.15) is 0 Å². The zero-order valence-corrected chi connectivity index (χ0v) is 14.3. The second-order valence-electron chi connectivity index (χ2n) is 5.81. The van der Waals surface area contributed by atoms with E-state index in [0.717, 1.165) is 41.5 Å². The van der Waals surface area contributed by atoms with Gasteiger partial charge in [0.2, 0.25) is 5.91 Å². The maximum Gasteiger partial charge on any atom is 0.230 e. The molecule has 0 heterocycles. The minimum absolute atomic E-state index is 0.157. The normalized spacial score (nSPS) is 16.8. The number of benzene rings is 1. The van der Waals surface area contributed by atoms with Crippen molar-refractivity contribution in [3.8, 4) is 5.75 Å². The van der Waals surface area contributed by atoms with Gasteiger partial charge in [0.05, 0.1) is 12.5 Å². The van der Waals surface area contributed by atoms with E-state index in [1.54, 1.807) is 12.0 Å². The fourth-order valence-corrected chi connectivity index (χ4v) is 3.57. The molecule has 21 heavy (non-hydrogen) atoms. The van der Waals surface area contributed by atoms with Crippen LogP contribution in [0.2, 0.25) is 0 Å². The van der Waals surface area contributed by atoms with E-state index in [0.29, 0.717) is 13.1 Å². The molecule has 1 amide bonds. The number of carbonyl (C=O) groups excluding carboxylic acids is 1. The predicted octanol–water partition coefficient (Wildman–Crippen LogP) is 2.94. The third-order valence-electron chi connectivity index (χ3n) is 4.40. The summed E-state index contributed by atoms with van der Waals surface area (Å²) in [5.41, 5.74) is 6.54. The molecule has 1 aromatic carbocycles. The Bertz CT molecular complexity index is 513. The van der Waals surface area contributed by atoms with Gasteiger partial charge in [0.25, 0.3) is 0 Å². The topological polar surface area (TPSA) is 55.6 Å². The van der Waals surface area contributed by atoms with E-state index in [2.05, 4.69) is 15.9 Å². The lowest BCUT2D eigenvalue weighted by Crippen LogP contribution is -2.44. The maximum absolute atomic E-state index is 12.8. The molecule has 0 aromatic heterocycles. The maximum atomic E-state index is 12.8. The molecule has 0 bridgehead atoms. The van der Waals surface area contributed by atoms with Crippen molar-refractivity contribution in [3.63, 3.8) is 0 Å². The van der Waals surface area contributed by atoms with Crippen LogP contribution in [-0.2, 0) is 11.3 Å². The third-order valence-corrected chi connectivity index (χ3v) is 4.89.